The molecule has 0 aliphatic carbocycles. The maximum atomic E-state index is 13.2. The van der Waals surface area contributed by atoms with Crippen molar-refractivity contribution in [1.82, 2.24) is 9.88 Å². The summed E-state index contributed by atoms with van der Waals surface area (Å²) in [5, 5.41) is 9.51. The second kappa shape index (κ2) is 7.24. The van der Waals surface area contributed by atoms with E-state index in [9.17, 15) is 14.0 Å². The van der Waals surface area contributed by atoms with Crippen molar-refractivity contribution in [1.29, 1.82) is 5.26 Å². The van der Waals surface area contributed by atoms with Crippen LogP contribution in [-0.4, -0.2) is 29.1 Å². The first-order valence-corrected chi connectivity index (χ1v) is 8.62. The lowest BCUT2D eigenvalue weighted by atomic mass is 10.0. The quantitative estimate of drug-likeness (QED) is 0.841. The molecule has 1 fully saturated rings. The van der Waals surface area contributed by atoms with Gasteiger partial charge in [0, 0.05) is 19.2 Å². The molecule has 1 atom stereocenters. The van der Waals surface area contributed by atoms with E-state index in [0.29, 0.717) is 18.8 Å². The van der Waals surface area contributed by atoms with E-state index in [-0.39, 0.29) is 12.1 Å². The minimum absolute atomic E-state index is 0.0620. The molecule has 24 heavy (non-hydrogen) atoms. The summed E-state index contributed by atoms with van der Waals surface area (Å²) in [5.74, 6) is -1.45. The number of nitrogens with zero attached hydrogens (tertiary/aromatic N) is 3. The Balaban J connectivity index is 1.60. The Morgan fingerprint density at radius 3 is 2.67 bits per heavy atom. The van der Waals surface area contributed by atoms with Gasteiger partial charge in [-0.2, -0.15) is 5.26 Å². The molecule has 1 saturated heterocycles. The minimum Gasteiger partial charge on any atom is -0.490 e. The van der Waals surface area contributed by atoms with E-state index < -0.39 is 11.6 Å². The fourth-order valence-corrected chi connectivity index (χ4v) is 3.75. The molecule has 2 aromatic rings. The number of piperidine rings is 1. The maximum absolute atomic E-state index is 13.2. The van der Waals surface area contributed by atoms with Crippen molar-refractivity contribution in [2.24, 2.45) is 0 Å². The zero-order valence-electron chi connectivity index (χ0n) is 13.2. The number of hydrogen-bond acceptors (Lipinski definition) is 5. The van der Waals surface area contributed by atoms with Gasteiger partial charge in [0.25, 0.3) is 0 Å². The second-order valence-corrected chi connectivity index (χ2v) is 6.65. The molecule has 7 heteroatoms. The fraction of sp³-hybridized carbons (Fsp3) is 0.412. The van der Waals surface area contributed by atoms with Gasteiger partial charge < -0.3 is 4.74 Å². The summed E-state index contributed by atoms with van der Waals surface area (Å²) in [4.78, 5) is 7.32. The number of aryl methyl sites for hydroxylation is 1. The number of likely N-dealkylation sites (tertiary alicyclic amines) is 1. The Hall–Kier alpha value is -2.04. The van der Waals surface area contributed by atoms with Crippen LogP contribution in [0.5, 0.6) is 5.75 Å². The molecule has 2 heterocycles. The number of rotatable bonds is 4. The largest absolute Gasteiger partial charge is 0.490 e. The predicted molar refractivity (Wildman–Crippen MR) is 86.8 cm³/mol. The Labute approximate surface area is 143 Å². The molecule has 1 aliphatic rings. The monoisotopic (exact) mass is 349 g/mol. The molecule has 1 aliphatic heterocycles. The summed E-state index contributed by atoms with van der Waals surface area (Å²) >= 11 is 1.50. The van der Waals surface area contributed by atoms with Crippen LogP contribution in [0.15, 0.2) is 23.7 Å². The van der Waals surface area contributed by atoms with Crippen LogP contribution in [0.1, 0.15) is 29.5 Å². The van der Waals surface area contributed by atoms with Crippen LogP contribution in [0, 0.1) is 29.9 Å². The Morgan fingerprint density at radius 2 is 2.08 bits per heavy atom. The fourth-order valence-electron chi connectivity index (χ4n) is 2.87. The third-order valence-electron chi connectivity index (χ3n) is 4.19. The average Bonchev–Trinajstić information content (AvgIpc) is 2.99. The molecule has 1 unspecified atom stereocenters. The minimum atomic E-state index is -0.907. The van der Waals surface area contributed by atoms with Crippen LogP contribution in [0.4, 0.5) is 8.78 Å². The topological polar surface area (TPSA) is 49.2 Å². The molecule has 0 spiro atoms. The Bertz CT molecular complexity index is 751. The smallest absolute Gasteiger partial charge is 0.162 e. The Kier molecular flexibility index (Phi) is 5.07. The van der Waals surface area contributed by atoms with E-state index in [1.165, 1.54) is 17.4 Å². The molecule has 1 aromatic heterocycles. The van der Waals surface area contributed by atoms with Crippen LogP contribution >= 0.6 is 11.3 Å². The number of benzene rings is 1. The lowest BCUT2D eigenvalue weighted by molar-refractivity contribution is 0.0882. The molecule has 3 rings (SSSR count). The predicted octanol–water partition coefficient (Wildman–Crippen LogP) is 3.84. The highest BCUT2D eigenvalue weighted by molar-refractivity contribution is 7.09. The zero-order chi connectivity index (χ0) is 17.1. The van der Waals surface area contributed by atoms with Crippen molar-refractivity contribution in [3.63, 3.8) is 0 Å². The first-order chi connectivity index (χ1) is 11.6. The summed E-state index contributed by atoms with van der Waals surface area (Å²) in [6.45, 7) is 3.34. The van der Waals surface area contributed by atoms with Crippen LogP contribution in [0.3, 0.4) is 0 Å². The maximum Gasteiger partial charge on any atom is 0.162 e. The highest BCUT2D eigenvalue weighted by atomic mass is 32.1. The van der Waals surface area contributed by atoms with Crippen molar-refractivity contribution in [2.75, 3.05) is 13.1 Å². The second-order valence-electron chi connectivity index (χ2n) is 5.76. The third-order valence-corrected chi connectivity index (χ3v) is 5.17. The molecule has 126 valence electrons. The number of halogens is 2. The summed E-state index contributed by atoms with van der Waals surface area (Å²) in [7, 11) is 0. The van der Waals surface area contributed by atoms with Crippen LogP contribution in [0.25, 0.3) is 0 Å². The number of nitriles is 1. The van der Waals surface area contributed by atoms with Gasteiger partial charge in [0.1, 0.15) is 17.9 Å². The molecular formula is C17H17F2N3OS. The molecule has 1 aromatic carbocycles. The van der Waals surface area contributed by atoms with Crippen molar-refractivity contribution in [3.8, 4) is 11.8 Å². The Morgan fingerprint density at radius 1 is 1.33 bits per heavy atom. The highest BCUT2D eigenvalue weighted by Crippen LogP contribution is 2.30. The van der Waals surface area contributed by atoms with E-state index in [2.05, 4.69) is 16.0 Å². The van der Waals surface area contributed by atoms with Gasteiger partial charge in [0.15, 0.2) is 11.6 Å². The molecule has 0 N–H and O–H groups in total. The highest BCUT2D eigenvalue weighted by Gasteiger charge is 2.29. The summed E-state index contributed by atoms with van der Waals surface area (Å²) in [6, 6.07) is 5.64. The SMILES string of the molecule is Cc1ncsc1C(C#N)N1CCC(Oc2ccc(F)c(F)c2)CC1. The van der Waals surface area contributed by atoms with E-state index >= 15 is 0 Å². The molecular weight excluding hydrogens is 332 g/mol. The van der Waals surface area contributed by atoms with Gasteiger partial charge in [-0.25, -0.2) is 13.8 Å². The first-order valence-electron chi connectivity index (χ1n) is 7.74. The average molecular weight is 349 g/mol. The number of thiazole rings is 1. The lowest BCUT2D eigenvalue weighted by Crippen LogP contribution is -2.40. The number of aromatic nitrogens is 1. The molecule has 0 saturated carbocycles. The van der Waals surface area contributed by atoms with Crippen molar-refractivity contribution >= 4 is 11.3 Å². The molecule has 0 radical (unpaired) electrons. The third kappa shape index (κ3) is 3.55. The summed E-state index contributed by atoms with van der Waals surface area (Å²) < 4.78 is 31.9. The van der Waals surface area contributed by atoms with Crippen molar-refractivity contribution in [2.45, 2.75) is 31.9 Å². The van der Waals surface area contributed by atoms with Gasteiger partial charge in [0.05, 0.1) is 22.2 Å². The van der Waals surface area contributed by atoms with Gasteiger partial charge in [-0.05, 0) is 31.9 Å². The van der Waals surface area contributed by atoms with E-state index in [1.54, 1.807) is 5.51 Å². The standard InChI is InChI=1S/C17H17F2N3OS/c1-11-17(24-10-21-11)16(9-20)22-6-4-12(5-7-22)23-13-2-3-14(18)15(19)8-13/h2-3,8,10,12,16H,4-7H2,1H3. The van der Waals surface area contributed by atoms with Crippen molar-refractivity contribution < 1.29 is 13.5 Å². The molecule has 4 nitrogen and oxygen atoms in total. The first kappa shape index (κ1) is 16.8. The zero-order valence-corrected chi connectivity index (χ0v) is 14.0. The van der Waals surface area contributed by atoms with E-state index in [1.807, 2.05) is 6.92 Å². The number of hydrogen-bond donors (Lipinski definition) is 0. The molecule has 0 amide bonds. The molecule has 0 bridgehead atoms. The van der Waals surface area contributed by atoms with Crippen LogP contribution < -0.4 is 4.74 Å². The van der Waals surface area contributed by atoms with E-state index in [0.717, 1.165) is 35.5 Å². The normalized spacial score (nSPS) is 17.4. The van der Waals surface area contributed by atoms with E-state index in [4.69, 9.17) is 4.74 Å². The summed E-state index contributed by atoms with van der Waals surface area (Å²) in [6.07, 6.45) is 1.40. The summed E-state index contributed by atoms with van der Waals surface area (Å²) in [5.41, 5.74) is 2.65. The lowest BCUT2D eigenvalue weighted by Gasteiger charge is -2.34. The van der Waals surface area contributed by atoms with Gasteiger partial charge >= 0.3 is 0 Å². The van der Waals surface area contributed by atoms with Crippen LogP contribution in [-0.2, 0) is 0 Å². The van der Waals surface area contributed by atoms with Gasteiger partial charge in [0.2, 0.25) is 0 Å². The van der Waals surface area contributed by atoms with Gasteiger partial charge in [-0.1, -0.05) is 0 Å². The van der Waals surface area contributed by atoms with Gasteiger partial charge in [-0.15, -0.1) is 11.3 Å². The number of ether oxygens (including phenoxy) is 1. The van der Waals surface area contributed by atoms with Crippen molar-refractivity contribution in [3.05, 3.63) is 45.9 Å². The van der Waals surface area contributed by atoms with Gasteiger partial charge in [-0.3, -0.25) is 4.90 Å². The van der Waals surface area contributed by atoms with Crippen LogP contribution in [0.2, 0.25) is 0 Å².